The van der Waals surface area contributed by atoms with E-state index in [-0.39, 0.29) is 29.3 Å². The number of aryl methyl sites for hydroxylation is 1. The molecular formula is C26H30N6O4. The molecule has 10 nitrogen and oxygen atoms in total. The fourth-order valence-electron chi connectivity index (χ4n) is 4.77. The molecule has 3 heterocycles. The predicted molar refractivity (Wildman–Crippen MR) is 134 cm³/mol. The molecule has 0 unspecified atom stereocenters. The lowest BCUT2D eigenvalue weighted by Gasteiger charge is -2.36. The minimum Gasteiger partial charge on any atom is -0.408 e. The van der Waals surface area contributed by atoms with Gasteiger partial charge in [-0.2, -0.15) is 5.10 Å². The van der Waals surface area contributed by atoms with Gasteiger partial charge in [0.15, 0.2) is 11.2 Å². The minimum atomic E-state index is -0.442. The largest absolute Gasteiger partial charge is 0.419 e. The van der Waals surface area contributed by atoms with Crippen LogP contribution in [0.1, 0.15) is 66.1 Å². The van der Waals surface area contributed by atoms with Crippen LogP contribution in [0.2, 0.25) is 0 Å². The normalized spacial score (nSPS) is 20.0. The van der Waals surface area contributed by atoms with E-state index in [4.69, 9.17) is 4.42 Å². The maximum absolute atomic E-state index is 13.2. The molecule has 0 radical (unpaired) electrons. The molecule has 0 spiro atoms. The van der Waals surface area contributed by atoms with Gasteiger partial charge in [-0.15, -0.1) is 0 Å². The molecule has 10 heteroatoms. The van der Waals surface area contributed by atoms with Crippen molar-refractivity contribution in [1.82, 2.24) is 29.8 Å². The molecule has 0 aliphatic heterocycles. The van der Waals surface area contributed by atoms with Crippen molar-refractivity contribution in [2.45, 2.75) is 46.1 Å². The van der Waals surface area contributed by atoms with Crippen molar-refractivity contribution in [2.75, 3.05) is 6.54 Å². The molecule has 5 rings (SSSR count). The third-order valence-corrected chi connectivity index (χ3v) is 7.29. The van der Waals surface area contributed by atoms with Crippen molar-refractivity contribution in [2.24, 2.45) is 18.4 Å². The van der Waals surface area contributed by atoms with E-state index in [1.165, 1.54) is 28.0 Å². The van der Waals surface area contributed by atoms with Crippen LogP contribution in [0.4, 0.5) is 0 Å². The molecular weight excluding hydrogens is 460 g/mol. The summed E-state index contributed by atoms with van der Waals surface area (Å²) in [7, 11) is 1.63. The third kappa shape index (κ3) is 4.62. The van der Waals surface area contributed by atoms with Crippen molar-refractivity contribution >= 4 is 28.6 Å². The summed E-state index contributed by atoms with van der Waals surface area (Å²) in [5.74, 6) is -0.414. The Morgan fingerprint density at radius 2 is 1.92 bits per heavy atom. The van der Waals surface area contributed by atoms with Gasteiger partial charge < -0.3 is 15.1 Å². The number of oxazole rings is 1. The number of carbonyl (C=O) groups excluding carboxylic acids is 2. The summed E-state index contributed by atoms with van der Waals surface area (Å²) in [6.45, 7) is 5.28. The molecule has 1 aliphatic carbocycles. The number of rotatable bonds is 6. The second kappa shape index (κ2) is 9.25. The second-order valence-electron chi connectivity index (χ2n) is 10.2. The number of hydrogen-bond donors (Lipinski definition) is 2. The molecule has 36 heavy (non-hydrogen) atoms. The van der Waals surface area contributed by atoms with Gasteiger partial charge in [0, 0.05) is 32.3 Å². The van der Waals surface area contributed by atoms with Gasteiger partial charge in [0.1, 0.15) is 11.4 Å². The number of aromatic nitrogens is 4. The fraction of sp³-hybridized carbons (Fsp3) is 0.423. The van der Waals surface area contributed by atoms with E-state index in [9.17, 15) is 14.4 Å². The molecule has 188 valence electrons. The molecule has 1 saturated carbocycles. The van der Waals surface area contributed by atoms with Crippen LogP contribution in [0.3, 0.4) is 0 Å². The van der Waals surface area contributed by atoms with Gasteiger partial charge in [0.25, 0.3) is 11.8 Å². The number of benzene rings is 1. The molecule has 1 aromatic carbocycles. The monoisotopic (exact) mass is 490 g/mol. The van der Waals surface area contributed by atoms with Crippen LogP contribution >= 0.6 is 0 Å². The lowest BCUT2D eigenvalue weighted by atomic mass is 9.72. The lowest BCUT2D eigenvalue weighted by molar-refractivity contribution is 0.0902. The van der Waals surface area contributed by atoms with E-state index >= 15 is 0 Å². The molecule has 2 amide bonds. The van der Waals surface area contributed by atoms with Crippen LogP contribution in [0.5, 0.6) is 0 Å². The highest BCUT2D eigenvalue weighted by atomic mass is 16.4. The Labute approximate surface area is 207 Å². The Kier molecular flexibility index (Phi) is 6.11. The molecule has 2 N–H and O–H groups in total. The molecule has 1 fully saturated rings. The van der Waals surface area contributed by atoms with Gasteiger partial charge in [-0.1, -0.05) is 32.8 Å². The van der Waals surface area contributed by atoms with E-state index in [2.05, 4.69) is 34.6 Å². The molecule has 3 aromatic heterocycles. The van der Waals surface area contributed by atoms with Crippen molar-refractivity contribution in [3.63, 3.8) is 0 Å². The Bertz CT molecular complexity index is 1510. The summed E-state index contributed by atoms with van der Waals surface area (Å²) in [6.07, 6.45) is 6.04. The fourth-order valence-corrected chi connectivity index (χ4v) is 4.77. The number of nitrogens with zero attached hydrogens (tertiary/aromatic N) is 4. The first-order valence-corrected chi connectivity index (χ1v) is 12.2. The average Bonchev–Trinajstić information content (AvgIpc) is 3.46. The Hall–Kier alpha value is -3.95. The van der Waals surface area contributed by atoms with Gasteiger partial charge in [0.2, 0.25) is 0 Å². The van der Waals surface area contributed by atoms with Crippen LogP contribution in [0, 0.1) is 11.3 Å². The second-order valence-corrected chi connectivity index (χ2v) is 10.2. The summed E-state index contributed by atoms with van der Waals surface area (Å²) in [5, 5.41) is 10.1. The number of amides is 2. The van der Waals surface area contributed by atoms with Crippen molar-refractivity contribution < 1.29 is 14.0 Å². The van der Waals surface area contributed by atoms with E-state index in [1.54, 1.807) is 37.5 Å². The van der Waals surface area contributed by atoms with Gasteiger partial charge >= 0.3 is 5.76 Å². The summed E-state index contributed by atoms with van der Waals surface area (Å²) >= 11 is 0. The van der Waals surface area contributed by atoms with Crippen LogP contribution in [0.15, 0.2) is 45.7 Å². The number of carbonyl (C=O) groups is 2. The van der Waals surface area contributed by atoms with Crippen molar-refractivity contribution in [1.29, 1.82) is 0 Å². The van der Waals surface area contributed by atoms with E-state index in [0.717, 1.165) is 24.3 Å². The zero-order valence-electron chi connectivity index (χ0n) is 20.7. The van der Waals surface area contributed by atoms with E-state index in [0.29, 0.717) is 23.3 Å². The van der Waals surface area contributed by atoms with Crippen LogP contribution < -0.4 is 16.4 Å². The van der Waals surface area contributed by atoms with E-state index < -0.39 is 11.7 Å². The molecule has 4 aromatic rings. The molecule has 0 atom stereocenters. The minimum absolute atomic E-state index is 0.0677. The Balaban J connectivity index is 1.31. The van der Waals surface area contributed by atoms with Gasteiger partial charge in [0.05, 0.1) is 11.7 Å². The Morgan fingerprint density at radius 1 is 1.14 bits per heavy atom. The summed E-state index contributed by atoms with van der Waals surface area (Å²) in [6, 6.07) is 8.40. The topological polar surface area (TPSA) is 124 Å². The Morgan fingerprint density at radius 3 is 2.69 bits per heavy atom. The summed E-state index contributed by atoms with van der Waals surface area (Å²) in [5.41, 5.74) is 2.80. The maximum atomic E-state index is 13.2. The van der Waals surface area contributed by atoms with Crippen LogP contribution in [-0.2, 0) is 13.6 Å². The van der Waals surface area contributed by atoms with Gasteiger partial charge in [-0.3, -0.25) is 14.2 Å². The quantitative estimate of drug-likeness (QED) is 0.428. The summed E-state index contributed by atoms with van der Waals surface area (Å²) in [4.78, 5) is 42.2. The average molecular weight is 491 g/mol. The first-order chi connectivity index (χ1) is 17.2. The highest BCUT2D eigenvalue weighted by Gasteiger charge is 2.30. The highest BCUT2D eigenvalue weighted by molar-refractivity contribution is 5.98. The lowest BCUT2D eigenvalue weighted by Crippen LogP contribution is -2.38. The van der Waals surface area contributed by atoms with Gasteiger partial charge in [-0.05, 0) is 41.9 Å². The van der Waals surface area contributed by atoms with Crippen molar-refractivity contribution in [3.8, 4) is 0 Å². The SMILES string of the molecule is CC1CCC(C)(CNC(=O)c2cc(C(=O)NCc3ccc4oc(=O)n(C)c4c3)nc3ccnn23)CC1. The standard InChI is InChI=1S/C26H30N6O4/c1-16-6-9-26(2,10-7-16)15-28-24(34)20-13-18(30-22-8-11-29-32(20)22)23(33)27-14-17-4-5-21-19(12-17)31(3)25(35)36-21/h4-5,8,11-13,16H,6-7,9-10,14-15H2,1-3H3,(H,27,33)(H,28,34). The third-order valence-electron chi connectivity index (χ3n) is 7.29. The highest BCUT2D eigenvalue weighted by Crippen LogP contribution is 2.37. The predicted octanol–water partition coefficient (Wildman–Crippen LogP) is 3.05. The summed E-state index contributed by atoms with van der Waals surface area (Å²) < 4.78 is 8.01. The van der Waals surface area contributed by atoms with E-state index in [1.807, 2.05) is 0 Å². The number of hydrogen-bond acceptors (Lipinski definition) is 6. The maximum Gasteiger partial charge on any atom is 0.419 e. The van der Waals surface area contributed by atoms with Crippen molar-refractivity contribution in [3.05, 3.63) is 64.0 Å². The zero-order valence-corrected chi connectivity index (χ0v) is 20.7. The first kappa shape index (κ1) is 23.8. The smallest absolute Gasteiger partial charge is 0.408 e. The number of fused-ring (bicyclic) bond motifs is 2. The number of nitrogens with one attached hydrogen (secondary N) is 2. The van der Waals surface area contributed by atoms with Gasteiger partial charge in [-0.25, -0.2) is 14.3 Å². The zero-order chi connectivity index (χ0) is 25.4. The molecule has 0 bridgehead atoms. The first-order valence-electron chi connectivity index (χ1n) is 12.2. The van der Waals surface area contributed by atoms with Crippen LogP contribution in [0.25, 0.3) is 16.7 Å². The van der Waals surface area contributed by atoms with Crippen LogP contribution in [-0.4, -0.2) is 37.5 Å². The molecule has 0 saturated heterocycles. The molecule has 1 aliphatic rings.